The Morgan fingerprint density at radius 1 is 1.32 bits per heavy atom. The number of carbonyl (C=O) groups excluding carboxylic acids is 2. The number of hydrogen-bond donors (Lipinski definition) is 2. The highest BCUT2D eigenvalue weighted by molar-refractivity contribution is 6.02. The van der Waals surface area contributed by atoms with Crippen molar-refractivity contribution in [3.63, 3.8) is 0 Å². The number of carbonyl (C=O) groups is 2. The van der Waals surface area contributed by atoms with E-state index in [-0.39, 0.29) is 36.2 Å². The average Bonchev–Trinajstić information content (AvgIpc) is 3.51. The van der Waals surface area contributed by atoms with Crippen LogP contribution in [0.4, 0.5) is 10.2 Å². The van der Waals surface area contributed by atoms with Crippen LogP contribution in [0.15, 0.2) is 36.5 Å². The number of piperidine rings is 1. The molecule has 0 spiro atoms. The largest absolute Gasteiger partial charge is 0.365 e. The van der Waals surface area contributed by atoms with Crippen LogP contribution in [-0.4, -0.2) is 45.8 Å². The van der Waals surface area contributed by atoms with Crippen molar-refractivity contribution in [2.75, 3.05) is 18.4 Å². The fraction of sp³-hybridized carbons (Fsp3) is 0.455. The molecule has 2 unspecified atom stereocenters. The van der Waals surface area contributed by atoms with E-state index < -0.39 is 17.6 Å². The van der Waals surface area contributed by atoms with E-state index in [4.69, 9.17) is 5.73 Å². The summed E-state index contributed by atoms with van der Waals surface area (Å²) in [5.74, 6) is -1.05. The molecule has 2 aromatic rings. The summed E-state index contributed by atoms with van der Waals surface area (Å²) >= 11 is 0. The molecule has 9 heteroatoms. The lowest BCUT2D eigenvalue weighted by Gasteiger charge is -2.43. The maximum absolute atomic E-state index is 15.6. The van der Waals surface area contributed by atoms with Crippen molar-refractivity contribution in [3.05, 3.63) is 47.7 Å². The van der Waals surface area contributed by atoms with E-state index in [0.717, 1.165) is 18.4 Å². The summed E-state index contributed by atoms with van der Waals surface area (Å²) in [6.45, 7) is 1.30. The van der Waals surface area contributed by atoms with Gasteiger partial charge in [-0.1, -0.05) is 30.3 Å². The van der Waals surface area contributed by atoms with Crippen molar-refractivity contribution < 1.29 is 14.0 Å². The number of anilines is 1. The zero-order chi connectivity index (χ0) is 22.0. The average molecular weight is 424 g/mol. The van der Waals surface area contributed by atoms with Gasteiger partial charge in [0.15, 0.2) is 5.82 Å². The Bertz CT molecular complexity index is 1010. The lowest BCUT2D eigenvalue weighted by atomic mass is 9.83. The first-order valence-electron chi connectivity index (χ1n) is 10.4. The number of primary amides is 1. The normalized spacial score (nSPS) is 23.8. The second-order valence-corrected chi connectivity index (χ2v) is 8.34. The van der Waals surface area contributed by atoms with Gasteiger partial charge in [-0.25, -0.2) is 4.39 Å². The predicted octanol–water partition coefficient (Wildman–Crippen LogP) is 2.18. The predicted molar refractivity (Wildman–Crippen MR) is 112 cm³/mol. The molecule has 162 valence electrons. The number of halogens is 1. The van der Waals surface area contributed by atoms with Gasteiger partial charge in [0.25, 0.3) is 5.91 Å². The van der Waals surface area contributed by atoms with Crippen LogP contribution in [0.25, 0.3) is 0 Å². The van der Waals surface area contributed by atoms with Crippen LogP contribution < -0.4 is 11.1 Å². The van der Waals surface area contributed by atoms with E-state index in [1.165, 1.54) is 10.9 Å². The van der Waals surface area contributed by atoms with Crippen LogP contribution in [0.3, 0.4) is 0 Å². The van der Waals surface area contributed by atoms with Crippen LogP contribution in [0, 0.1) is 17.2 Å². The molecule has 2 heterocycles. The topological polar surface area (TPSA) is 117 Å². The molecule has 2 aliphatic rings. The molecule has 2 amide bonds. The van der Waals surface area contributed by atoms with Gasteiger partial charge in [-0.15, -0.1) is 0 Å². The van der Waals surface area contributed by atoms with Crippen molar-refractivity contribution in [1.82, 2.24) is 14.7 Å². The summed E-state index contributed by atoms with van der Waals surface area (Å²) in [7, 11) is 0. The van der Waals surface area contributed by atoms with Crippen LogP contribution in [0.2, 0.25) is 0 Å². The minimum atomic E-state index is -1.39. The fourth-order valence-corrected chi connectivity index (χ4v) is 4.10. The molecule has 31 heavy (non-hydrogen) atoms. The third-order valence-electron chi connectivity index (χ3n) is 6.12. The maximum Gasteiger partial charge on any atom is 0.254 e. The molecule has 1 saturated heterocycles. The molecular weight excluding hydrogens is 399 g/mol. The number of benzene rings is 1. The van der Waals surface area contributed by atoms with E-state index >= 15 is 4.39 Å². The zero-order valence-corrected chi connectivity index (χ0v) is 17.1. The molecule has 2 fully saturated rings. The molecule has 1 aromatic carbocycles. The van der Waals surface area contributed by atoms with E-state index in [9.17, 15) is 14.9 Å². The van der Waals surface area contributed by atoms with Gasteiger partial charge in [-0.05, 0) is 24.8 Å². The molecule has 2 atom stereocenters. The van der Waals surface area contributed by atoms with Gasteiger partial charge in [0, 0.05) is 31.7 Å². The Kier molecular flexibility index (Phi) is 5.74. The van der Waals surface area contributed by atoms with Crippen LogP contribution in [-0.2, 0) is 16.9 Å². The van der Waals surface area contributed by atoms with Crippen LogP contribution >= 0.6 is 0 Å². The van der Waals surface area contributed by atoms with Gasteiger partial charge < -0.3 is 11.1 Å². The highest BCUT2D eigenvalue weighted by Crippen LogP contribution is 2.37. The summed E-state index contributed by atoms with van der Waals surface area (Å²) in [4.78, 5) is 26.1. The number of aromatic nitrogens is 2. The number of alkyl halides is 1. The Morgan fingerprint density at radius 3 is 2.68 bits per heavy atom. The monoisotopic (exact) mass is 424 g/mol. The highest BCUT2D eigenvalue weighted by Gasteiger charge is 2.46. The molecule has 1 saturated carbocycles. The minimum Gasteiger partial charge on any atom is -0.365 e. The second-order valence-electron chi connectivity index (χ2n) is 8.34. The number of rotatable bonds is 7. The quantitative estimate of drug-likeness (QED) is 0.707. The lowest BCUT2D eigenvalue weighted by molar-refractivity contribution is -0.117. The van der Waals surface area contributed by atoms with Gasteiger partial charge in [-0.2, -0.15) is 10.4 Å². The van der Waals surface area contributed by atoms with Crippen molar-refractivity contribution in [1.29, 1.82) is 5.26 Å². The molecular formula is C22H25FN6O2. The van der Waals surface area contributed by atoms with Crippen LogP contribution in [0.5, 0.6) is 0 Å². The Labute approximate surface area is 179 Å². The minimum absolute atomic E-state index is 0.0187. The van der Waals surface area contributed by atoms with Crippen molar-refractivity contribution in [2.24, 2.45) is 11.7 Å². The summed E-state index contributed by atoms with van der Waals surface area (Å²) in [5, 5.41) is 16.4. The molecule has 1 aromatic heterocycles. The number of amides is 2. The summed E-state index contributed by atoms with van der Waals surface area (Å²) in [5.41, 5.74) is 5.35. The first-order chi connectivity index (χ1) is 14.9. The van der Waals surface area contributed by atoms with E-state index in [2.05, 4.69) is 16.5 Å². The number of likely N-dealkylation sites (tertiary alicyclic amines) is 1. The summed E-state index contributed by atoms with van der Waals surface area (Å²) < 4.78 is 17.0. The fourth-order valence-electron chi connectivity index (χ4n) is 4.10. The second kappa shape index (κ2) is 8.47. The van der Waals surface area contributed by atoms with Crippen molar-refractivity contribution >= 4 is 17.6 Å². The van der Waals surface area contributed by atoms with Crippen molar-refractivity contribution in [3.8, 4) is 6.07 Å². The van der Waals surface area contributed by atoms with E-state index in [0.29, 0.717) is 19.5 Å². The van der Waals surface area contributed by atoms with Gasteiger partial charge in [0.05, 0.1) is 12.5 Å². The van der Waals surface area contributed by atoms with Gasteiger partial charge in [0.2, 0.25) is 5.91 Å². The van der Waals surface area contributed by atoms with E-state index in [1.54, 1.807) is 0 Å². The number of nitrogens with zero attached hydrogens (tertiary/aromatic N) is 4. The molecule has 0 radical (unpaired) electrons. The Hall–Kier alpha value is -3.25. The molecule has 1 aliphatic carbocycles. The lowest BCUT2D eigenvalue weighted by Crippen LogP contribution is -2.54. The van der Waals surface area contributed by atoms with E-state index in [1.807, 2.05) is 35.2 Å². The highest BCUT2D eigenvalue weighted by atomic mass is 19.1. The third kappa shape index (κ3) is 4.30. The first kappa shape index (κ1) is 21.0. The Morgan fingerprint density at radius 2 is 2.06 bits per heavy atom. The standard InChI is InChI=1S/C22H25FN6O2/c23-18-14-28(12-15-4-2-1-3-5-15)11-9-22(18,8-10-24)29-13-17(19(25)30)20(27-29)26-21(31)16-6-7-16/h1-5,13,16,18H,6-9,11-12,14H2,(H2,25,30)(H,26,27,31). The smallest absolute Gasteiger partial charge is 0.254 e. The van der Waals surface area contributed by atoms with Gasteiger partial charge in [-0.3, -0.25) is 19.2 Å². The molecule has 4 rings (SSSR count). The first-order valence-corrected chi connectivity index (χ1v) is 10.4. The molecule has 8 nitrogen and oxygen atoms in total. The summed E-state index contributed by atoms with van der Waals surface area (Å²) in [6.07, 6.45) is 1.79. The van der Waals surface area contributed by atoms with Crippen LogP contribution in [0.1, 0.15) is 41.6 Å². The molecule has 1 aliphatic heterocycles. The summed E-state index contributed by atoms with van der Waals surface area (Å²) in [6, 6.07) is 11.9. The Balaban J connectivity index is 1.58. The SMILES string of the molecule is N#CCC1(n2cc(C(N)=O)c(NC(=O)C3CC3)n2)CCN(Cc2ccccc2)CC1F. The number of nitrogens with two attached hydrogens (primary N) is 1. The number of hydrogen-bond acceptors (Lipinski definition) is 5. The van der Waals surface area contributed by atoms with Gasteiger partial charge >= 0.3 is 0 Å². The molecule has 3 N–H and O–H groups in total. The third-order valence-corrected chi connectivity index (χ3v) is 6.12. The number of nitriles is 1. The zero-order valence-electron chi connectivity index (χ0n) is 17.1. The molecule has 0 bridgehead atoms. The number of nitrogens with one attached hydrogen (secondary N) is 1. The van der Waals surface area contributed by atoms with Crippen molar-refractivity contribution in [2.45, 2.75) is 43.9 Å². The van der Waals surface area contributed by atoms with Gasteiger partial charge in [0.1, 0.15) is 17.3 Å². The maximum atomic E-state index is 15.6.